The molecule has 1 saturated heterocycles. The summed E-state index contributed by atoms with van der Waals surface area (Å²) in [4.78, 5) is 13.4. The number of carbonyl (C=O) groups excluding carboxylic acids is 1. The Hall–Kier alpha value is -0.940. The Labute approximate surface area is 114 Å². The standard InChI is InChI=1S/C13H16BrFN2O/c14-11-6-9(3-4-12(11)15)7-17-5-1-2-10(8-17)13(16)18/h3-4,6,10H,1-2,5,7-8H2,(H2,16,18)/t10-/m0/s1. The number of rotatable bonds is 3. The van der Waals surface area contributed by atoms with Crippen molar-refractivity contribution in [3.8, 4) is 0 Å². The molecular weight excluding hydrogens is 299 g/mol. The smallest absolute Gasteiger partial charge is 0.221 e. The highest BCUT2D eigenvalue weighted by Crippen LogP contribution is 2.21. The van der Waals surface area contributed by atoms with E-state index in [0.717, 1.165) is 31.5 Å². The lowest BCUT2D eigenvalue weighted by atomic mass is 9.97. The molecule has 1 heterocycles. The van der Waals surface area contributed by atoms with Gasteiger partial charge in [-0.3, -0.25) is 9.69 Å². The van der Waals surface area contributed by atoms with Gasteiger partial charge in [-0.25, -0.2) is 4.39 Å². The first-order valence-electron chi connectivity index (χ1n) is 6.02. The van der Waals surface area contributed by atoms with Gasteiger partial charge < -0.3 is 5.73 Å². The van der Waals surface area contributed by atoms with Crippen molar-refractivity contribution in [1.82, 2.24) is 4.90 Å². The molecule has 3 nitrogen and oxygen atoms in total. The highest BCUT2D eigenvalue weighted by molar-refractivity contribution is 9.10. The third-order valence-electron chi connectivity index (χ3n) is 3.30. The Bertz CT molecular complexity index is 453. The molecule has 2 rings (SSSR count). The molecule has 1 fully saturated rings. The lowest BCUT2D eigenvalue weighted by Gasteiger charge is -2.31. The molecule has 1 atom stereocenters. The van der Waals surface area contributed by atoms with E-state index in [1.54, 1.807) is 12.1 Å². The molecule has 0 spiro atoms. The van der Waals surface area contributed by atoms with E-state index >= 15 is 0 Å². The number of hydrogen-bond donors (Lipinski definition) is 1. The summed E-state index contributed by atoms with van der Waals surface area (Å²) >= 11 is 3.18. The summed E-state index contributed by atoms with van der Waals surface area (Å²) in [6, 6.07) is 5.01. The summed E-state index contributed by atoms with van der Waals surface area (Å²) in [6.07, 6.45) is 1.86. The number of likely N-dealkylation sites (tertiary alicyclic amines) is 1. The quantitative estimate of drug-likeness (QED) is 0.930. The number of hydrogen-bond acceptors (Lipinski definition) is 2. The van der Waals surface area contributed by atoms with Crippen LogP contribution in [0.5, 0.6) is 0 Å². The second kappa shape index (κ2) is 5.80. The van der Waals surface area contributed by atoms with E-state index < -0.39 is 0 Å². The number of primary amides is 1. The minimum Gasteiger partial charge on any atom is -0.369 e. The van der Waals surface area contributed by atoms with Gasteiger partial charge in [0.1, 0.15) is 5.82 Å². The van der Waals surface area contributed by atoms with Crippen molar-refractivity contribution < 1.29 is 9.18 Å². The summed E-state index contributed by atoms with van der Waals surface area (Å²) in [5, 5.41) is 0. The van der Waals surface area contributed by atoms with Crippen LogP contribution in [0.3, 0.4) is 0 Å². The number of nitrogens with two attached hydrogens (primary N) is 1. The molecule has 5 heteroatoms. The Kier molecular flexibility index (Phi) is 4.35. The molecule has 1 amide bonds. The van der Waals surface area contributed by atoms with Gasteiger partial charge in [-0.1, -0.05) is 6.07 Å². The molecule has 0 aliphatic carbocycles. The maximum absolute atomic E-state index is 13.1. The number of piperidine rings is 1. The van der Waals surface area contributed by atoms with Crippen LogP contribution in [0.2, 0.25) is 0 Å². The van der Waals surface area contributed by atoms with Crippen molar-refractivity contribution >= 4 is 21.8 Å². The van der Waals surface area contributed by atoms with Gasteiger partial charge in [-0.05, 0) is 53.0 Å². The minimum atomic E-state index is -0.257. The molecular formula is C13H16BrFN2O. The third-order valence-corrected chi connectivity index (χ3v) is 3.91. The SMILES string of the molecule is NC(=O)[C@H]1CCCN(Cc2ccc(F)c(Br)c2)C1. The van der Waals surface area contributed by atoms with Gasteiger partial charge in [0, 0.05) is 13.1 Å². The summed E-state index contributed by atoms with van der Waals surface area (Å²) in [5.74, 6) is -0.532. The summed E-state index contributed by atoms with van der Waals surface area (Å²) in [5.41, 5.74) is 6.38. The van der Waals surface area contributed by atoms with Crippen LogP contribution in [0.4, 0.5) is 4.39 Å². The van der Waals surface area contributed by atoms with Gasteiger partial charge in [0.15, 0.2) is 0 Å². The van der Waals surface area contributed by atoms with E-state index in [9.17, 15) is 9.18 Å². The third kappa shape index (κ3) is 3.29. The fourth-order valence-electron chi connectivity index (χ4n) is 2.33. The normalized spacial score (nSPS) is 20.9. The lowest BCUT2D eigenvalue weighted by Crippen LogP contribution is -2.40. The molecule has 1 aliphatic heterocycles. The van der Waals surface area contributed by atoms with Crippen molar-refractivity contribution in [3.05, 3.63) is 34.1 Å². The number of carbonyl (C=O) groups is 1. The first-order valence-corrected chi connectivity index (χ1v) is 6.81. The molecule has 2 N–H and O–H groups in total. The van der Waals surface area contributed by atoms with Gasteiger partial charge in [-0.2, -0.15) is 0 Å². The Morgan fingerprint density at radius 3 is 3.00 bits per heavy atom. The zero-order valence-electron chi connectivity index (χ0n) is 10.0. The number of halogens is 2. The zero-order valence-corrected chi connectivity index (χ0v) is 11.6. The zero-order chi connectivity index (χ0) is 13.1. The first kappa shape index (κ1) is 13.5. The highest BCUT2D eigenvalue weighted by Gasteiger charge is 2.23. The van der Waals surface area contributed by atoms with Crippen LogP contribution >= 0.6 is 15.9 Å². The molecule has 98 valence electrons. The van der Waals surface area contributed by atoms with Crippen molar-refractivity contribution in [2.24, 2.45) is 11.7 Å². The molecule has 1 aromatic rings. The molecule has 0 radical (unpaired) electrons. The second-order valence-electron chi connectivity index (χ2n) is 4.73. The van der Waals surface area contributed by atoms with Gasteiger partial charge in [-0.15, -0.1) is 0 Å². The van der Waals surface area contributed by atoms with E-state index in [0.29, 0.717) is 11.0 Å². The van der Waals surface area contributed by atoms with Crippen molar-refractivity contribution in [1.29, 1.82) is 0 Å². The van der Waals surface area contributed by atoms with Gasteiger partial charge in [0.05, 0.1) is 10.4 Å². The van der Waals surface area contributed by atoms with E-state index in [2.05, 4.69) is 20.8 Å². The van der Waals surface area contributed by atoms with E-state index in [1.165, 1.54) is 6.07 Å². The molecule has 0 bridgehead atoms. The Balaban J connectivity index is 2.00. The molecule has 0 saturated carbocycles. The lowest BCUT2D eigenvalue weighted by molar-refractivity contribution is -0.123. The fraction of sp³-hybridized carbons (Fsp3) is 0.462. The van der Waals surface area contributed by atoms with Crippen LogP contribution in [-0.4, -0.2) is 23.9 Å². The Morgan fingerprint density at radius 1 is 1.56 bits per heavy atom. The highest BCUT2D eigenvalue weighted by atomic mass is 79.9. The topological polar surface area (TPSA) is 46.3 Å². The van der Waals surface area contributed by atoms with E-state index in [4.69, 9.17) is 5.73 Å². The molecule has 0 aromatic heterocycles. The summed E-state index contributed by atoms with van der Waals surface area (Å²) < 4.78 is 13.6. The largest absolute Gasteiger partial charge is 0.369 e. The predicted molar refractivity (Wildman–Crippen MR) is 71.3 cm³/mol. The monoisotopic (exact) mass is 314 g/mol. The van der Waals surface area contributed by atoms with Crippen molar-refractivity contribution in [2.45, 2.75) is 19.4 Å². The average molecular weight is 315 g/mol. The van der Waals surface area contributed by atoms with E-state index in [-0.39, 0.29) is 17.6 Å². The summed E-state index contributed by atoms with van der Waals surface area (Å²) in [6.45, 7) is 2.38. The van der Waals surface area contributed by atoms with Crippen LogP contribution in [-0.2, 0) is 11.3 Å². The molecule has 1 aliphatic rings. The Morgan fingerprint density at radius 2 is 2.33 bits per heavy atom. The van der Waals surface area contributed by atoms with Crippen molar-refractivity contribution in [3.63, 3.8) is 0 Å². The molecule has 0 unspecified atom stereocenters. The maximum Gasteiger partial charge on any atom is 0.221 e. The van der Waals surface area contributed by atoms with Gasteiger partial charge in [0.2, 0.25) is 5.91 Å². The predicted octanol–water partition coefficient (Wildman–Crippen LogP) is 2.29. The van der Waals surface area contributed by atoms with Crippen LogP contribution < -0.4 is 5.73 Å². The maximum atomic E-state index is 13.1. The summed E-state index contributed by atoms with van der Waals surface area (Å²) in [7, 11) is 0. The van der Waals surface area contributed by atoms with Gasteiger partial charge in [0.25, 0.3) is 0 Å². The van der Waals surface area contributed by atoms with Crippen LogP contribution in [0, 0.1) is 11.7 Å². The van der Waals surface area contributed by atoms with Crippen LogP contribution in [0.1, 0.15) is 18.4 Å². The fourth-order valence-corrected chi connectivity index (χ4v) is 2.75. The molecule has 18 heavy (non-hydrogen) atoms. The second-order valence-corrected chi connectivity index (χ2v) is 5.58. The van der Waals surface area contributed by atoms with Crippen LogP contribution in [0.15, 0.2) is 22.7 Å². The average Bonchev–Trinajstić information content (AvgIpc) is 2.34. The first-order chi connectivity index (χ1) is 8.56. The van der Waals surface area contributed by atoms with Crippen molar-refractivity contribution in [2.75, 3.05) is 13.1 Å². The number of nitrogens with zero attached hydrogens (tertiary/aromatic N) is 1. The number of amides is 1. The van der Waals surface area contributed by atoms with Crippen LogP contribution in [0.25, 0.3) is 0 Å². The minimum absolute atomic E-state index is 0.0531. The van der Waals surface area contributed by atoms with E-state index in [1.807, 2.05) is 0 Å². The van der Waals surface area contributed by atoms with Gasteiger partial charge >= 0.3 is 0 Å². The molecule has 1 aromatic carbocycles. The number of benzene rings is 1.